The van der Waals surface area contributed by atoms with Gasteiger partial charge in [-0.05, 0) is 6.07 Å². The lowest BCUT2D eigenvalue weighted by atomic mass is 10.1. The first-order chi connectivity index (χ1) is 7.99. The second-order valence-corrected chi connectivity index (χ2v) is 3.18. The summed E-state index contributed by atoms with van der Waals surface area (Å²) in [5, 5.41) is 19.4. The van der Waals surface area contributed by atoms with Crippen LogP contribution in [0.3, 0.4) is 0 Å². The maximum absolute atomic E-state index is 10.7. The van der Waals surface area contributed by atoms with Crippen molar-refractivity contribution < 1.29 is 24.4 Å². The van der Waals surface area contributed by atoms with E-state index in [2.05, 4.69) is 0 Å². The molecule has 1 aromatic rings. The molecule has 1 N–H and O–H groups in total. The first kappa shape index (κ1) is 12.6. The molecular weight excluding hydrogens is 230 g/mol. The Morgan fingerprint density at radius 2 is 2.24 bits per heavy atom. The molecule has 7 nitrogen and oxygen atoms in total. The molecule has 0 aliphatic rings. The van der Waals surface area contributed by atoms with Crippen LogP contribution < -0.4 is 4.74 Å². The topological polar surface area (TPSA) is 107 Å². The third-order valence-electron chi connectivity index (χ3n) is 2.05. The number of carboxylic acids is 1. The summed E-state index contributed by atoms with van der Waals surface area (Å²) < 4.78 is 4.82. The van der Waals surface area contributed by atoms with Crippen LogP contribution in [0.25, 0.3) is 0 Å². The predicted molar refractivity (Wildman–Crippen MR) is 56.4 cm³/mol. The molecule has 0 unspecified atom stereocenters. The average molecular weight is 239 g/mol. The van der Waals surface area contributed by atoms with Crippen LogP contribution in [-0.4, -0.2) is 29.4 Å². The van der Waals surface area contributed by atoms with E-state index in [-0.39, 0.29) is 16.9 Å². The Balaban J connectivity index is 3.43. The fourth-order valence-electron chi connectivity index (χ4n) is 1.43. The molecule has 90 valence electrons. The van der Waals surface area contributed by atoms with Crippen LogP contribution in [0, 0.1) is 10.1 Å². The van der Waals surface area contributed by atoms with Crippen LogP contribution in [0.1, 0.15) is 15.9 Å². The zero-order valence-corrected chi connectivity index (χ0v) is 8.87. The van der Waals surface area contributed by atoms with Crippen molar-refractivity contribution in [3.63, 3.8) is 0 Å². The number of hydrogen-bond acceptors (Lipinski definition) is 5. The minimum Gasteiger partial charge on any atom is -0.490 e. The van der Waals surface area contributed by atoms with E-state index in [0.29, 0.717) is 6.29 Å². The van der Waals surface area contributed by atoms with Gasteiger partial charge in [0.2, 0.25) is 5.75 Å². The summed E-state index contributed by atoms with van der Waals surface area (Å²) in [5.41, 5.74) is -0.293. The number of hydrogen-bond donors (Lipinski definition) is 1. The number of nitro groups is 1. The highest BCUT2D eigenvalue weighted by Crippen LogP contribution is 2.32. The van der Waals surface area contributed by atoms with Gasteiger partial charge in [-0.3, -0.25) is 19.7 Å². The van der Waals surface area contributed by atoms with Crippen LogP contribution in [-0.2, 0) is 11.2 Å². The second kappa shape index (κ2) is 5.06. The Labute approximate surface area is 95.8 Å². The van der Waals surface area contributed by atoms with Crippen molar-refractivity contribution in [3.8, 4) is 5.75 Å². The van der Waals surface area contributed by atoms with E-state index in [1.165, 1.54) is 13.2 Å². The number of nitrogens with zero attached hydrogens (tertiary/aromatic N) is 1. The Morgan fingerprint density at radius 1 is 1.59 bits per heavy atom. The summed E-state index contributed by atoms with van der Waals surface area (Å²) in [6.45, 7) is 0. The zero-order valence-electron chi connectivity index (χ0n) is 8.87. The molecule has 0 radical (unpaired) electrons. The molecule has 0 aliphatic heterocycles. The Kier molecular flexibility index (Phi) is 3.76. The molecule has 7 heteroatoms. The number of aliphatic carboxylic acids is 1. The maximum Gasteiger partial charge on any atom is 0.311 e. The van der Waals surface area contributed by atoms with Crippen molar-refractivity contribution in [1.29, 1.82) is 0 Å². The average Bonchev–Trinajstić information content (AvgIpc) is 2.26. The van der Waals surface area contributed by atoms with Gasteiger partial charge in [0, 0.05) is 17.2 Å². The van der Waals surface area contributed by atoms with Gasteiger partial charge in [0.1, 0.15) is 6.29 Å². The van der Waals surface area contributed by atoms with Crippen LogP contribution in [0.2, 0.25) is 0 Å². The van der Waals surface area contributed by atoms with E-state index >= 15 is 0 Å². The first-order valence-electron chi connectivity index (χ1n) is 4.52. The van der Waals surface area contributed by atoms with Gasteiger partial charge < -0.3 is 9.84 Å². The smallest absolute Gasteiger partial charge is 0.311 e. The molecule has 0 atom stereocenters. The zero-order chi connectivity index (χ0) is 13.0. The number of methoxy groups -OCH3 is 1. The SMILES string of the molecule is COc1c(CC(=O)O)cc(C=O)cc1[N+](=O)[O-]. The quantitative estimate of drug-likeness (QED) is 0.467. The first-order valence-corrected chi connectivity index (χ1v) is 4.52. The summed E-state index contributed by atoms with van der Waals surface area (Å²) in [7, 11) is 1.20. The van der Waals surface area contributed by atoms with Crippen molar-refractivity contribution >= 4 is 17.9 Å². The summed E-state index contributed by atoms with van der Waals surface area (Å²) >= 11 is 0. The van der Waals surface area contributed by atoms with Crippen LogP contribution in [0.5, 0.6) is 5.75 Å². The maximum atomic E-state index is 10.7. The molecule has 0 saturated carbocycles. The minimum atomic E-state index is -1.17. The minimum absolute atomic E-state index is 0.0359. The fourth-order valence-corrected chi connectivity index (χ4v) is 1.43. The van der Waals surface area contributed by atoms with E-state index in [9.17, 15) is 19.7 Å². The fraction of sp³-hybridized carbons (Fsp3) is 0.200. The van der Waals surface area contributed by atoms with Crippen molar-refractivity contribution in [2.24, 2.45) is 0 Å². The number of ether oxygens (including phenoxy) is 1. The molecule has 1 aromatic carbocycles. The number of rotatable bonds is 5. The normalized spacial score (nSPS) is 9.71. The van der Waals surface area contributed by atoms with E-state index in [1.54, 1.807) is 0 Å². The lowest BCUT2D eigenvalue weighted by Gasteiger charge is -2.07. The standard InChI is InChI=1S/C10H9NO6/c1-17-10-7(4-9(13)14)2-6(5-12)3-8(10)11(15)16/h2-3,5H,4H2,1H3,(H,13,14). The van der Waals surface area contributed by atoms with Crippen molar-refractivity contribution in [3.05, 3.63) is 33.4 Å². The second-order valence-electron chi connectivity index (χ2n) is 3.18. The monoisotopic (exact) mass is 239 g/mol. The van der Waals surface area contributed by atoms with Crippen molar-refractivity contribution in [1.82, 2.24) is 0 Å². The molecule has 0 aromatic heterocycles. The molecule has 0 bridgehead atoms. The lowest BCUT2D eigenvalue weighted by Crippen LogP contribution is -2.05. The largest absolute Gasteiger partial charge is 0.490 e. The van der Waals surface area contributed by atoms with Crippen molar-refractivity contribution in [2.45, 2.75) is 6.42 Å². The van der Waals surface area contributed by atoms with E-state index in [4.69, 9.17) is 9.84 Å². The molecule has 0 heterocycles. The number of aldehydes is 1. The van der Waals surface area contributed by atoms with Gasteiger partial charge in [0.05, 0.1) is 18.5 Å². The lowest BCUT2D eigenvalue weighted by molar-refractivity contribution is -0.385. The molecule has 0 fully saturated rings. The van der Waals surface area contributed by atoms with Gasteiger partial charge >= 0.3 is 11.7 Å². The number of benzene rings is 1. The third-order valence-corrected chi connectivity index (χ3v) is 2.05. The molecule has 0 aliphatic carbocycles. The Morgan fingerprint density at radius 3 is 2.65 bits per heavy atom. The molecule has 0 saturated heterocycles. The van der Waals surface area contributed by atoms with Gasteiger partial charge in [-0.15, -0.1) is 0 Å². The Bertz CT molecular complexity index is 482. The van der Waals surface area contributed by atoms with Crippen LogP contribution in [0.15, 0.2) is 12.1 Å². The molecular formula is C10H9NO6. The summed E-state index contributed by atoms with van der Waals surface area (Å²) in [5.74, 6) is -1.30. The number of nitro benzene ring substituents is 1. The highest BCUT2D eigenvalue weighted by molar-refractivity contribution is 5.80. The summed E-state index contributed by atoms with van der Waals surface area (Å²) in [4.78, 5) is 31.2. The van der Waals surface area contributed by atoms with Crippen LogP contribution >= 0.6 is 0 Å². The predicted octanol–water partition coefficient (Wildman–Crippen LogP) is 1.04. The molecule has 17 heavy (non-hydrogen) atoms. The van der Waals surface area contributed by atoms with E-state index < -0.39 is 23.0 Å². The highest BCUT2D eigenvalue weighted by atomic mass is 16.6. The van der Waals surface area contributed by atoms with Gasteiger partial charge in [-0.2, -0.15) is 0 Å². The number of carbonyl (C=O) groups is 2. The number of carboxylic acid groups (broad SMARTS) is 1. The van der Waals surface area contributed by atoms with Gasteiger partial charge in [0.15, 0.2) is 0 Å². The summed E-state index contributed by atoms with van der Waals surface area (Å²) in [6.07, 6.45) is -0.0382. The molecule has 1 rings (SSSR count). The number of carbonyl (C=O) groups excluding carboxylic acids is 1. The van der Waals surface area contributed by atoms with Gasteiger partial charge in [-0.25, -0.2) is 0 Å². The van der Waals surface area contributed by atoms with Gasteiger partial charge in [-0.1, -0.05) is 0 Å². The van der Waals surface area contributed by atoms with E-state index in [0.717, 1.165) is 6.07 Å². The van der Waals surface area contributed by atoms with Crippen LogP contribution in [0.4, 0.5) is 5.69 Å². The van der Waals surface area contributed by atoms with E-state index in [1.807, 2.05) is 0 Å². The highest BCUT2D eigenvalue weighted by Gasteiger charge is 2.21. The molecule has 0 amide bonds. The Hall–Kier alpha value is -2.44. The molecule has 0 spiro atoms. The third kappa shape index (κ3) is 2.77. The summed E-state index contributed by atoms with van der Waals surface area (Å²) in [6, 6.07) is 2.30. The van der Waals surface area contributed by atoms with Crippen molar-refractivity contribution in [2.75, 3.05) is 7.11 Å². The van der Waals surface area contributed by atoms with Gasteiger partial charge in [0.25, 0.3) is 0 Å².